The van der Waals surface area contributed by atoms with Crippen LogP contribution in [-0.2, 0) is 24.8 Å². The van der Waals surface area contributed by atoms with Crippen LogP contribution in [0.1, 0.15) is 13.8 Å². The fourth-order valence-electron chi connectivity index (χ4n) is 1.15. The minimum Gasteiger partial charge on any atom is -0.421 e. The molecule has 0 aromatic rings. The van der Waals surface area contributed by atoms with Crippen molar-refractivity contribution in [2.75, 3.05) is 32.8 Å². The van der Waals surface area contributed by atoms with Crippen LogP contribution in [0.4, 0.5) is 39.5 Å². The lowest BCUT2D eigenvalue weighted by atomic mass is 10.4. The smallest absolute Gasteiger partial charge is 0.421 e. The van der Waals surface area contributed by atoms with Gasteiger partial charge in [-0.25, -0.2) is 16.8 Å². The van der Waals surface area contributed by atoms with Crippen molar-refractivity contribution in [3.63, 3.8) is 0 Å². The summed E-state index contributed by atoms with van der Waals surface area (Å²) in [7, 11) is -13.4. The van der Waals surface area contributed by atoms with Gasteiger partial charge >= 0.3 is 17.2 Å². The normalized spacial score (nSPS) is 14.0. The number of sulfonamides is 2. The van der Waals surface area contributed by atoms with E-state index in [-0.39, 0.29) is 0 Å². The van der Waals surface area contributed by atoms with E-state index in [2.05, 4.69) is 0 Å². The van der Waals surface area contributed by atoms with Crippen molar-refractivity contribution < 1.29 is 61.1 Å². The van der Waals surface area contributed by atoms with Crippen molar-refractivity contribution in [3.05, 3.63) is 4.13 Å². The summed E-state index contributed by atoms with van der Waals surface area (Å²) >= 11 is 0. The number of halogens is 9. The molecule has 0 amide bonds. The van der Waals surface area contributed by atoms with Crippen LogP contribution < -0.4 is 0 Å². The standard InChI is InChI=1S/C8H16F3NO.C2F6NO4S2/c1-3-12(5-6-13-4-2)7-8(9,10)11;3-1(4,5)14(10,11)9-15(12,13)2(6,7)8/h3-7H2,1-2H3;/q;-1. The lowest BCUT2D eigenvalue weighted by molar-refractivity contribution is -0.146. The maximum absolute atomic E-state index is 11.9. The van der Waals surface area contributed by atoms with Gasteiger partial charge in [-0.3, -0.25) is 4.90 Å². The molecule has 0 unspecified atom stereocenters. The zero-order valence-corrected chi connectivity index (χ0v) is 15.8. The first-order valence-electron chi connectivity index (χ1n) is 6.93. The van der Waals surface area contributed by atoms with E-state index < -0.39 is 43.8 Å². The molecule has 0 radical (unpaired) electrons. The van der Waals surface area contributed by atoms with E-state index in [0.717, 1.165) is 4.13 Å². The van der Waals surface area contributed by atoms with Crippen molar-refractivity contribution in [2.24, 2.45) is 0 Å². The molecule has 0 aromatic heterocycles. The number of nitrogens with zero attached hydrogens (tertiary/aromatic N) is 2. The summed E-state index contributed by atoms with van der Waals surface area (Å²) in [6.07, 6.45) is -4.11. The number of hydrogen-bond donors (Lipinski definition) is 0. The molecule has 0 N–H and O–H groups in total. The third-order valence-corrected chi connectivity index (χ3v) is 5.13. The molecule has 172 valence electrons. The van der Waals surface area contributed by atoms with Crippen LogP contribution >= 0.6 is 0 Å². The van der Waals surface area contributed by atoms with Gasteiger partial charge in [0.1, 0.15) is 0 Å². The second-order valence-electron chi connectivity index (χ2n) is 4.60. The number of ether oxygens (including phenoxy) is 1. The summed E-state index contributed by atoms with van der Waals surface area (Å²) in [6, 6.07) is 0. The van der Waals surface area contributed by atoms with E-state index in [1.807, 2.05) is 6.92 Å². The van der Waals surface area contributed by atoms with E-state index in [9.17, 15) is 56.3 Å². The van der Waals surface area contributed by atoms with Gasteiger partial charge in [0.25, 0.3) is 0 Å². The predicted octanol–water partition coefficient (Wildman–Crippen LogP) is 2.97. The molecule has 0 bridgehead atoms. The van der Waals surface area contributed by atoms with Crippen LogP contribution in [0.2, 0.25) is 0 Å². The molecule has 0 rings (SSSR count). The summed E-state index contributed by atoms with van der Waals surface area (Å²) < 4.78 is 150. The summed E-state index contributed by atoms with van der Waals surface area (Å²) in [4.78, 5) is 1.32. The number of likely N-dealkylation sites (N-methyl/N-ethyl adjacent to an activating group) is 1. The summed E-state index contributed by atoms with van der Waals surface area (Å²) in [5, 5.41) is 0. The molecule has 28 heavy (non-hydrogen) atoms. The third kappa shape index (κ3) is 11.9. The fraction of sp³-hybridized carbons (Fsp3) is 1.00. The molecule has 0 spiro atoms. The zero-order chi connectivity index (χ0) is 23.0. The summed E-state index contributed by atoms with van der Waals surface area (Å²) in [6.45, 7) is 4.31. The van der Waals surface area contributed by atoms with Crippen LogP contribution in [0, 0.1) is 0 Å². The highest BCUT2D eigenvalue weighted by Crippen LogP contribution is 2.36. The largest absolute Gasteiger partial charge is 0.480 e. The third-order valence-electron chi connectivity index (χ3n) is 2.39. The van der Waals surface area contributed by atoms with Gasteiger partial charge in [0.05, 0.1) is 13.2 Å². The highest BCUT2D eigenvalue weighted by Gasteiger charge is 2.46. The Kier molecular flexibility index (Phi) is 11.3. The zero-order valence-electron chi connectivity index (χ0n) is 14.2. The quantitative estimate of drug-likeness (QED) is 0.393. The SMILES string of the molecule is CCOCCN(CC)CC(F)(F)F.O=S(=O)([N-]S(=O)(=O)C(F)(F)F)C(F)(F)F. The molecular weight excluding hydrogens is 463 g/mol. The van der Waals surface area contributed by atoms with Crippen molar-refractivity contribution in [3.8, 4) is 0 Å². The maximum Gasteiger partial charge on any atom is 0.480 e. The number of hydrogen-bond acceptors (Lipinski definition) is 6. The minimum absolute atomic E-state index is 0.337. The molecule has 0 aliphatic heterocycles. The van der Waals surface area contributed by atoms with E-state index in [0.29, 0.717) is 26.3 Å². The van der Waals surface area contributed by atoms with E-state index >= 15 is 0 Å². The molecule has 0 aliphatic carbocycles. The molecule has 0 saturated carbocycles. The van der Waals surface area contributed by atoms with Gasteiger partial charge in [-0.15, -0.1) is 0 Å². The average molecular weight is 479 g/mol. The molecule has 7 nitrogen and oxygen atoms in total. The highest BCUT2D eigenvalue weighted by molar-refractivity contribution is 8.13. The first kappa shape index (κ1) is 29.4. The molecule has 0 atom stereocenters. The molecule has 0 saturated heterocycles. The summed E-state index contributed by atoms with van der Waals surface area (Å²) in [5.74, 6) is 0. The van der Waals surface area contributed by atoms with Gasteiger partial charge in [-0.1, -0.05) is 6.92 Å². The van der Waals surface area contributed by atoms with Crippen LogP contribution in [0.25, 0.3) is 4.13 Å². The van der Waals surface area contributed by atoms with Gasteiger partial charge in [-0.2, -0.15) is 39.5 Å². The Morgan fingerprint density at radius 3 is 1.46 bits per heavy atom. The Labute approximate surface area is 154 Å². The van der Waals surface area contributed by atoms with E-state index in [1.54, 1.807) is 6.92 Å². The molecular formula is C10H16F9N2O5S2-. The topological polar surface area (TPSA) is 94.8 Å². The van der Waals surface area contributed by atoms with E-state index in [1.165, 1.54) is 4.90 Å². The van der Waals surface area contributed by atoms with E-state index in [4.69, 9.17) is 4.74 Å². The lowest BCUT2D eigenvalue weighted by Crippen LogP contribution is -2.36. The second-order valence-corrected chi connectivity index (χ2v) is 8.02. The van der Waals surface area contributed by atoms with Gasteiger partial charge < -0.3 is 8.86 Å². The Morgan fingerprint density at radius 2 is 1.21 bits per heavy atom. The molecule has 0 aliphatic rings. The fourth-order valence-corrected chi connectivity index (χ4v) is 2.86. The first-order chi connectivity index (χ1) is 12.2. The van der Waals surface area contributed by atoms with Crippen LogP contribution in [-0.4, -0.2) is 71.8 Å². The second kappa shape index (κ2) is 10.8. The summed E-state index contributed by atoms with van der Waals surface area (Å²) in [5.41, 5.74) is -12.4. The molecule has 0 fully saturated rings. The Morgan fingerprint density at radius 1 is 0.821 bits per heavy atom. The number of alkyl halides is 9. The molecule has 0 heterocycles. The average Bonchev–Trinajstić information content (AvgIpc) is 2.42. The maximum atomic E-state index is 11.9. The highest BCUT2D eigenvalue weighted by atomic mass is 32.3. The van der Waals surface area contributed by atoms with Crippen LogP contribution in [0.15, 0.2) is 0 Å². The van der Waals surface area contributed by atoms with Crippen molar-refractivity contribution >= 4 is 20.0 Å². The monoisotopic (exact) mass is 479 g/mol. The van der Waals surface area contributed by atoms with Gasteiger partial charge in [0.15, 0.2) is 20.0 Å². The lowest BCUT2D eigenvalue weighted by Gasteiger charge is -2.22. The van der Waals surface area contributed by atoms with Gasteiger partial charge in [-0.05, 0) is 13.5 Å². The first-order valence-corrected chi connectivity index (χ1v) is 9.81. The molecule has 0 aromatic carbocycles. The number of rotatable bonds is 8. The van der Waals surface area contributed by atoms with Crippen molar-refractivity contribution in [2.45, 2.75) is 31.0 Å². The van der Waals surface area contributed by atoms with Crippen LogP contribution in [0.5, 0.6) is 0 Å². The van der Waals surface area contributed by atoms with Crippen LogP contribution in [0.3, 0.4) is 0 Å². The van der Waals surface area contributed by atoms with Gasteiger partial charge in [0, 0.05) is 13.2 Å². The predicted molar refractivity (Wildman–Crippen MR) is 78.0 cm³/mol. The van der Waals surface area contributed by atoms with Gasteiger partial charge in [0.2, 0.25) is 0 Å². The Bertz CT molecular complexity index is 614. The molecule has 18 heteroatoms. The minimum atomic E-state index is -6.72. The van der Waals surface area contributed by atoms with Crippen molar-refractivity contribution in [1.29, 1.82) is 0 Å². The Hall–Kier alpha value is -0.850. The van der Waals surface area contributed by atoms with Crippen molar-refractivity contribution in [1.82, 2.24) is 4.90 Å². The Balaban J connectivity index is 0.